The fourth-order valence-corrected chi connectivity index (χ4v) is 7.75. The number of ether oxygens (including phenoxy) is 3. The van der Waals surface area contributed by atoms with Crippen LogP contribution < -0.4 is 15.4 Å². The minimum absolute atomic E-state index is 0.0959. The van der Waals surface area contributed by atoms with Crippen molar-refractivity contribution in [2.24, 2.45) is 11.8 Å². The van der Waals surface area contributed by atoms with Crippen molar-refractivity contribution < 1.29 is 68.5 Å². The Hall–Kier alpha value is -4.70. The second kappa shape index (κ2) is 13.4. The molecule has 16 nitrogen and oxygen atoms in total. The second-order valence-electron chi connectivity index (χ2n) is 12.7. The van der Waals surface area contributed by atoms with Crippen LogP contribution in [0.5, 0.6) is 11.5 Å². The average Bonchev–Trinajstić information content (AvgIpc) is 3.37. The lowest BCUT2D eigenvalue weighted by Crippen LogP contribution is -2.70. The second-order valence-corrected chi connectivity index (χ2v) is 12.7. The number of hydrogen-bond acceptors (Lipinski definition) is 12. The molecule has 7 atom stereocenters. The molecular weight excluding hydrogens is 636 g/mol. The number of nitrogens with one attached hydrogen (secondary N) is 2. The van der Waals surface area contributed by atoms with E-state index in [1.54, 1.807) is 6.08 Å². The zero-order valence-electron chi connectivity index (χ0n) is 26.1. The van der Waals surface area contributed by atoms with Crippen LogP contribution in [0.2, 0.25) is 0 Å². The van der Waals surface area contributed by atoms with Crippen LogP contribution in [0.1, 0.15) is 63.0 Å². The summed E-state index contributed by atoms with van der Waals surface area (Å²) in [5, 5.41) is 52.4. The Labute approximate surface area is 274 Å². The third kappa shape index (κ3) is 6.17. The Bertz CT molecular complexity index is 1560. The van der Waals surface area contributed by atoms with Gasteiger partial charge in [-0.1, -0.05) is 13.0 Å². The summed E-state index contributed by atoms with van der Waals surface area (Å²) >= 11 is 0. The van der Waals surface area contributed by atoms with Gasteiger partial charge in [0.2, 0.25) is 11.8 Å². The van der Waals surface area contributed by atoms with Crippen molar-refractivity contribution in [3.63, 3.8) is 0 Å². The van der Waals surface area contributed by atoms with E-state index in [9.17, 15) is 44.1 Å². The van der Waals surface area contributed by atoms with Crippen LogP contribution in [-0.4, -0.2) is 98.2 Å². The number of hydrogen-bond donors (Lipinski definition) is 7. The molecule has 1 saturated carbocycles. The monoisotopic (exact) mass is 674 g/mol. The molecule has 260 valence electrons. The van der Waals surface area contributed by atoms with E-state index in [-0.39, 0.29) is 61.4 Å². The Morgan fingerprint density at radius 2 is 1.56 bits per heavy atom. The van der Waals surface area contributed by atoms with Crippen molar-refractivity contribution in [1.29, 1.82) is 0 Å². The predicted octanol–water partition coefficient (Wildman–Crippen LogP) is -0.210. The van der Waals surface area contributed by atoms with E-state index < -0.39 is 77.9 Å². The van der Waals surface area contributed by atoms with Gasteiger partial charge in [0.1, 0.15) is 23.6 Å². The number of aliphatic hydroxyl groups is 2. The molecule has 1 fully saturated rings. The predicted molar refractivity (Wildman–Crippen MR) is 159 cm³/mol. The van der Waals surface area contributed by atoms with Crippen molar-refractivity contribution in [2.45, 2.75) is 87.6 Å². The summed E-state index contributed by atoms with van der Waals surface area (Å²) in [4.78, 5) is 72.0. The van der Waals surface area contributed by atoms with Gasteiger partial charge in [-0.25, -0.2) is 0 Å². The van der Waals surface area contributed by atoms with Crippen LogP contribution in [0.25, 0.3) is 0 Å². The molecule has 5 rings (SSSR count). The van der Waals surface area contributed by atoms with Gasteiger partial charge in [-0.3, -0.25) is 28.8 Å². The highest BCUT2D eigenvalue weighted by Crippen LogP contribution is 2.69. The lowest BCUT2D eigenvalue weighted by Gasteiger charge is -2.62. The Morgan fingerprint density at radius 3 is 2.17 bits per heavy atom. The number of aromatic hydroxyl groups is 1. The number of rotatable bonds is 14. The fraction of sp³-hybridized carbons (Fsp3) is 0.562. The number of aliphatic carboxylic acids is 2. The van der Waals surface area contributed by atoms with Crippen LogP contribution in [0.15, 0.2) is 24.0 Å². The Balaban J connectivity index is 1.37. The van der Waals surface area contributed by atoms with Gasteiger partial charge >= 0.3 is 23.9 Å². The lowest BCUT2D eigenvalue weighted by molar-refractivity contribution is -0.208. The molecule has 4 aliphatic rings. The molecule has 1 aliphatic heterocycles. The van der Waals surface area contributed by atoms with Gasteiger partial charge in [0.05, 0.1) is 31.1 Å². The third-order valence-corrected chi connectivity index (χ3v) is 9.82. The molecule has 1 aromatic rings. The molecule has 16 heteroatoms. The third-order valence-electron chi connectivity index (χ3n) is 9.82. The number of esters is 2. The number of phenols is 1. The summed E-state index contributed by atoms with van der Waals surface area (Å²) in [6, 6.07) is 3.34. The van der Waals surface area contributed by atoms with Gasteiger partial charge in [0.25, 0.3) is 0 Å². The van der Waals surface area contributed by atoms with Crippen LogP contribution in [0.3, 0.4) is 0 Å². The van der Waals surface area contributed by atoms with Crippen LogP contribution in [0, 0.1) is 11.8 Å². The van der Waals surface area contributed by atoms with Crippen molar-refractivity contribution >= 4 is 35.7 Å². The van der Waals surface area contributed by atoms with Crippen molar-refractivity contribution in [1.82, 2.24) is 10.6 Å². The molecular formula is C32H38N2O14. The van der Waals surface area contributed by atoms with Crippen molar-refractivity contribution in [3.05, 3.63) is 35.1 Å². The number of carboxylic acid groups (broad SMARTS) is 2. The van der Waals surface area contributed by atoms with Crippen LogP contribution >= 0.6 is 0 Å². The topological polar surface area (TPSA) is 255 Å². The number of carbonyl (C=O) groups is 6. The van der Waals surface area contributed by atoms with E-state index >= 15 is 0 Å². The first-order chi connectivity index (χ1) is 22.7. The smallest absolute Gasteiger partial charge is 0.312 e. The van der Waals surface area contributed by atoms with Gasteiger partial charge in [-0.2, -0.15) is 0 Å². The lowest BCUT2D eigenvalue weighted by atomic mass is 9.44. The first-order valence-corrected chi connectivity index (χ1v) is 15.7. The van der Waals surface area contributed by atoms with E-state index in [1.807, 2.05) is 6.07 Å². The van der Waals surface area contributed by atoms with Gasteiger partial charge in [0.15, 0.2) is 17.6 Å². The average molecular weight is 675 g/mol. The Kier molecular flexibility index (Phi) is 9.69. The molecule has 1 spiro atoms. The normalized spacial score (nSPS) is 27.2. The van der Waals surface area contributed by atoms with Crippen LogP contribution in [0.4, 0.5) is 0 Å². The summed E-state index contributed by atoms with van der Waals surface area (Å²) in [6.45, 7) is 1.60. The maximum absolute atomic E-state index is 13.5. The summed E-state index contributed by atoms with van der Waals surface area (Å²) < 4.78 is 18.5. The largest absolute Gasteiger partial charge is 0.504 e. The summed E-state index contributed by atoms with van der Waals surface area (Å²) in [7, 11) is 0. The molecule has 7 N–H and O–H groups in total. The van der Waals surface area contributed by atoms with Gasteiger partial charge in [-0.05, 0) is 42.9 Å². The highest BCUT2D eigenvalue weighted by Gasteiger charge is 2.74. The van der Waals surface area contributed by atoms with E-state index in [4.69, 9.17) is 24.4 Å². The minimum Gasteiger partial charge on any atom is -0.504 e. The Morgan fingerprint density at radius 1 is 0.958 bits per heavy atom. The minimum atomic E-state index is -1.78. The number of aliphatic hydroxyl groups excluding tert-OH is 2. The molecule has 3 aliphatic carbocycles. The molecule has 1 unspecified atom stereocenters. The summed E-state index contributed by atoms with van der Waals surface area (Å²) in [5.74, 6) is -5.92. The highest BCUT2D eigenvalue weighted by molar-refractivity contribution is 5.86. The maximum Gasteiger partial charge on any atom is 0.312 e. The quantitative estimate of drug-likeness (QED) is 0.126. The number of benzene rings is 1. The van der Waals surface area contributed by atoms with E-state index in [0.717, 1.165) is 5.56 Å². The maximum atomic E-state index is 13.5. The van der Waals surface area contributed by atoms with E-state index in [0.29, 0.717) is 24.8 Å². The molecule has 1 aromatic carbocycles. The highest BCUT2D eigenvalue weighted by atomic mass is 16.6. The van der Waals surface area contributed by atoms with Crippen LogP contribution in [-0.2, 0) is 50.1 Å². The summed E-state index contributed by atoms with van der Waals surface area (Å²) in [6.07, 6.45) is -3.30. The zero-order chi connectivity index (χ0) is 35.0. The molecule has 48 heavy (non-hydrogen) atoms. The molecule has 1 heterocycles. The van der Waals surface area contributed by atoms with Gasteiger partial charge in [0, 0.05) is 31.0 Å². The molecule has 2 bridgehead atoms. The standard InChI is InChI=1S/C32H38N2O14/c1-15-4-8-31-26-16-2-3-18(35)27(26)47-28(31)21(46-24(42)6-10-33-29(44)19(36)13-22(38)39)5-9-32(31,17(15)12-16)48-25(43)7-11-34-30(45)20(37)14-23(40)41/h2-3,5,15,17,19-20,28,35-37H,4,6-14H2,1H3,(H,33,44)(H,34,45)(H,38,39)(H,40,41)/t15?,17-,19-,20-,28-,31-,32+/m0/s1. The van der Waals surface area contributed by atoms with E-state index in [1.165, 1.54) is 6.07 Å². The first-order valence-electron chi connectivity index (χ1n) is 15.7. The molecule has 0 saturated heterocycles. The number of carbonyl (C=O) groups excluding carboxylic acids is 4. The van der Waals surface area contributed by atoms with E-state index in [2.05, 4.69) is 17.6 Å². The zero-order valence-corrected chi connectivity index (χ0v) is 26.1. The van der Waals surface area contributed by atoms with Crippen molar-refractivity contribution in [2.75, 3.05) is 13.1 Å². The molecule has 0 aromatic heterocycles. The SMILES string of the molecule is CC1CC[C@]23c4c5ccc(O)c4O[C@H]2C(OC(=O)CCNC(=O)[C@@H](O)CC(=O)O)=CC[C@@]3(OC(=O)CCNC(=O)[C@@H](O)CC(=O)O)[C@H]1C5. The first kappa shape index (κ1) is 34.6. The summed E-state index contributed by atoms with van der Waals surface area (Å²) in [5.41, 5.74) is -0.657. The van der Waals surface area contributed by atoms with Gasteiger partial charge < -0.3 is 50.4 Å². The molecule has 2 amide bonds. The molecule has 0 radical (unpaired) electrons. The van der Waals surface area contributed by atoms with Crippen molar-refractivity contribution in [3.8, 4) is 11.5 Å². The fourth-order valence-electron chi connectivity index (χ4n) is 7.75. The van der Waals surface area contributed by atoms with Gasteiger partial charge in [-0.15, -0.1) is 0 Å². The number of phenolic OH excluding ortho intramolecular Hbond substituents is 1. The number of amides is 2. The number of carboxylic acids is 2.